The summed E-state index contributed by atoms with van der Waals surface area (Å²) in [5.74, 6) is 1.27. The lowest BCUT2D eigenvalue weighted by Crippen LogP contribution is -2.35. The van der Waals surface area contributed by atoms with Gasteiger partial charge < -0.3 is 14.2 Å². The molecule has 0 aliphatic rings. The summed E-state index contributed by atoms with van der Waals surface area (Å²) >= 11 is 0. The van der Waals surface area contributed by atoms with Crippen LogP contribution in [0.5, 0.6) is 11.5 Å². The minimum Gasteiger partial charge on any atom is -0.494 e. The number of para-hydroxylation sites is 1. The minimum atomic E-state index is -4.14. The van der Waals surface area contributed by atoms with Gasteiger partial charge in [0.2, 0.25) is 16.0 Å². The van der Waals surface area contributed by atoms with E-state index in [0.717, 1.165) is 5.56 Å². The van der Waals surface area contributed by atoms with E-state index in [2.05, 4.69) is 29.9 Å². The number of aryl methyl sites for hydroxylation is 1. The monoisotopic (exact) mass is 553 g/mol. The van der Waals surface area contributed by atoms with Gasteiger partial charge in [0.15, 0.2) is 11.6 Å². The predicted molar refractivity (Wildman–Crippen MR) is 145 cm³/mol. The van der Waals surface area contributed by atoms with E-state index in [0.29, 0.717) is 22.9 Å². The number of benzene rings is 1. The van der Waals surface area contributed by atoms with E-state index >= 15 is 0 Å². The van der Waals surface area contributed by atoms with Gasteiger partial charge in [0.05, 0.1) is 20.3 Å². The Morgan fingerprint density at radius 1 is 0.897 bits per heavy atom. The van der Waals surface area contributed by atoms with Crippen LogP contribution < -0.4 is 14.2 Å². The van der Waals surface area contributed by atoms with E-state index in [1.54, 1.807) is 55.0 Å². The first-order valence-electron chi connectivity index (χ1n) is 12.2. The molecule has 2 atom stereocenters. The lowest BCUT2D eigenvalue weighted by molar-refractivity contribution is 0.00152. The van der Waals surface area contributed by atoms with Crippen LogP contribution in [0, 0.1) is 6.92 Å². The van der Waals surface area contributed by atoms with Crippen molar-refractivity contribution >= 4 is 16.0 Å². The minimum absolute atomic E-state index is 0.0848. The summed E-state index contributed by atoms with van der Waals surface area (Å²) in [7, 11) is -1.13. The van der Waals surface area contributed by atoms with Gasteiger partial charge in [-0.25, -0.2) is 18.4 Å². The molecule has 0 aliphatic carbocycles. The summed E-state index contributed by atoms with van der Waals surface area (Å²) in [6, 6.07) is 10.5. The number of hydrogen-bond acceptors (Lipinski definition) is 10. The average Bonchev–Trinajstić information content (AvgIpc) is 3.33. The predicted octanol–water partition coefficient (Wildman–Crippen LogP) is 3.74. The molecule has 0 bridgehead atoms. The zero-order valence-corrected chi connectivity index (χ0v) is 23.4. The van der Waals surface area contributed by atoms with Gasteiger partial charge in [-0.1, -0.05) is 12.1 Å². The van der Waals surface area contributed by atoms with Crippen molar-refractivity contribution < 1.29 is 22.6 Å². The van der Waals surface area contributed by atoms with Crippen LogP contribution in [-0.4, -0.2) is 63.7 Å². The molecular formula is C26H31N7O5S. The number of nitrogens with zero attached hydrogens (tertiary/aromatic N) is 6. The summed E-state index contributed by atoms with van der Waals surface area (Å²) in [6.07, 6.45) is 3.62. The van der Waals surface area contributed by atoms with E-state index in [9.17, 15) is 8.42 Å². The zero-order chi connectivity index (χ0) is 28.2. The second-order valence-corrected chi connectivity index (χ2v) is 11.0. The van der Waals surface area contributed by atoms with Crippen LogP contribution in [0.2, 0.25) is 0 Å². The highest BCUT2D eigenvalue weighted by Gasteiger charge is 2.36. The van der Waals surface area contributed by atoms with Crippen LogP contribution in [0.1, 0.15) is 38.3 Å². The molecule has 13 heteroatoms. The summed E-state index contributed by atoms with van der Waals surface area (Å²) in [6.45, 7) is 7.01. The standard InChI is InChI=1S/C26H31N7O5S/c1-16(2)38-23(24-28-14-17(3)15-29-24)18(4)39(34,35)32-26-31-30-25(19-10-7-8-13-27-19)33(26)22-20(36-5)11-9-12-21(22)37-6/h7-16,18,23H,1-6H3,(H,31,32). The fraction of sp³-hybridized carbons (Fsp3) is 0.346. The molecule has 0 saturated heterocycles. The molecule has 4 aromatic rings. The maximum atomic E-state index is 13.8. The fourth-order valence-corrected chi connectivity index (χ4v) is 4.97. The van der Waals surface area contributed by atoms with Crippen molar-refractivity contribution in [2.75, 3.05) is 18.9 Å². The number of rotatable bonds is 11. The van der Waals surface area contributed by atoms with E-state index in [4.69, 9.17) is 14.2 Å². The molecule has 39 heavy (non-hydrogen) atoms. The van der Waals surface area contributed by atoms with Crippen molar-refractivity contribution in [3.8, 4) is 28.7 Å². The summed E-state index contributed by atoms with van der Waals surface area (Å²) in [5, 5.41) is 7.36. The van der Waals surface area contributed by atoms with Crippen molar-refractivity contribution in [1.29, 1.82) is 0 Å². The number of sulfonamides is 1. The maximum absolute atomic E-state index is 13.8. The van der Waals surface area contributed by atoms with Crippen LogP contribution in [-0.2, 0) is 14.8 Å². The number of hydrogen-bond donors (Lipinski definition) is 1. The molecule has 3 aromatic heterocycles. The Kier molecular flexibility index (Phi) is 8.41. The number of pyridine rings is 1. The van der Waals surface area contributed by atoms with Crippen molar-refractivity contribution in [2.45, 2.75) is 45.2 Å². The zero-order valence-electron chi connectivity index (χ0n) is 22.6. The van der Waals surface area contributed by atoms with Gasteiger partial charge in [0.1, 0.15) is 34.2 Å². The van der Waals surface area contributed by atoms with Gasteiger partial charge in [0.25, 0.3) is 0 Å². The largest absolute Gasteiger partial charge is 0.494 e. The molecule has 12 nitrogen and oxygen atoms in total. The molecule has 1 aromatic carbocycles. The third-order valence-electron chi connectivity index (χ3n) is 5.81. The Bertz CT molecular complexity index is 1490. The smallest absolute Gasteiger partial charge is 0.243 e. The second-order valence-electron chi connectivity index (χ2n) is 8.98. The molecular weight excluding hydrogens is 522 g/mol. The van der Waals surface area contributed by atoms with Crippen molar-refractivity contribution in [3.05, 3.63) is 66.4 Å². The van der Waals surface area contributed by atoms with E-state index in [1.807, 2.05) is 20.8 Å². The summed E-state index contributed by atoms with van der Waals surface area (Å²) in [4.78, 5) is 13.0. The third kappa shape index (κ3) is 5.99. The Hall–Kier alpha value is -4.10. The number of methoxy groups -OCH3 is 2. The summed E-state index contributed by atoms with van der Waals surface area (Å²) < 4.78 is 48.9. The highest BCUT2D eigenvalue weighted by Crippen LogP contribution is 2.37. The molecule has 0 spiro atoms. The van der Waals surface area contributed by atoms with E-state index in [-0.39, 0.29) is 23.7 Å². The number of ether oxygens (including phenoxy) is 3. The van der Waals surface area contributed by atoms with Crippen molar-refractivity contribution in [2.24, 2.45) is 0 Å². The first-order valence-corrected chi connectivity index (χ1v) is 13.7. The Labute approximate surface area is 227 Å². The number of anilines is 1. The molecule has 0 radical (unpaired) electrons. The van der Waals surface area contributed by atoms with Gasteiger partial charge in [-0.15, -0.1) is 10.2 Å². The topological polar surface area (TPSA) is 143 Å². The quantitative estimate of drug-likeness (QED) is 0.292. The van der Waals surface area contributed by atoms with Gasteiger partial charge >= 0.3 is 0 Å². The fourth-order valence-electron chi connectivity index (χ4n) is 3.88. The SMILES string of the molecule is COc1cccc(OC)c1-n1c(NS(=O)(=O)C(C)C(OC(C)C)c2ncc(C)cn2)nnc1-c1ccccn1. The molecule has 0 saturated carbocycles. The summed E-state index contributed by atoms with van der Waals surface area (Å²) in [5.41, 5.74) is 1.71. The van der Waals surface area contributed by atoms with E-state index < -0.39 is 21.4 Å². The second kappa shape index (κ2) is 11.7. The molecule has 0 fully saturated rings. The van der Waals surface area contributed by atoms with Gasteiger partial charge in [-0.3, -0.25) is 14.3 Å². The Morgan fingerprint density at radius 3 is 2.13 bits per heavy atom. The molecule has 0 aliphatic heterocycles. The van der Waals surface area contributed by atoms with Gasteiger partial charge in [-0.2, -0.15) is 0 Å². The number of aromatic nitrogens is 6. The van der Waals surface area contributed by atoms with Crippen LogP contribution in [0.4, 0.5) is 5.95 Å². The van der Waals surface area contributed by atoms with Crippen molar-refractivity contribution in [1.82, 2.24) is 29.7 Å². The highest BCUT2D eigenvalue weighted by molar-refractivity contribution is 7.93. The lowest BCUT2D eigenvalue weighted by Gasteiger charge is -2.25. The van der Waals surface area contributed by atoms with Crippen molar-refractivity contribution in [3.63, 3.8) is 0 Å². The number of nitrogens with one attached hydrogen (secondary N) is 1. The van der Waals surface area contributed by atoms with E-state index in [1.165, 1.54) is 25.7 Å². The molecule has 1 N–H and O–H groups in total. The van der Waals surface area contributed by atoms with Crippen LogP contribution >= 0.6 is 0 Å². The van der Waals surface area contributed by atoms with Crippen LogP contribution in [0.3, 0.4) is 0 Å². The molecule has 206 valence electrons. The molecule has 0 amide bonds. The third-order valence-corrected chi connectivity index (χ3v) is 7.50. The van der Waals surface area contributed by atoms with Gasteiger partial charge in [0, 0.05) is 18.6 Å². The normalized spacial score (nSPS) is 13.2. The maximum Gasteiger partial charge on any atom is 0.243 e. The molecule has 2 unspecified atom stereocenters. The van der Waals surface area contributed by atoms with Crippen LogP contribution in [0.25, 0.3) is 17.2 Å². The Morgan fingerprint density at radius 2 is 1.56 bits per heavy atom. The lowest BCUT2D eigenvalue weighted by atomic mass is 10.2. The first-order chi connectivity index (χ1) is 18.7. The first kappa shape index (κ1) is 27.9. The highest BCUT2D eigenvalue weighted by atomic mass is 32.2. The Balaban J connectivity index is 1.83. The van der Waals surface area contributed by atoms with Gasteiger partial charge in [-0.05, 0) is 57.5 Å². The molecule has 3 heterocycles. The van der Waals surface area contributed by atoms with Crippen LogP contribution in [0.15, 0.2) is 55.0 Å². The molecule has 4 rings (SSSR count). The average molecular weight is 554 g/mol.